The summed E-state index contributed by atoms with van der Waals surface area (Å²) in [6.45, 7) is 10.6. The zero-order chi connectivity index (χ0) is 17.3. The Kier molecular flexibility index (Phi) is 4.88. The molecule has 134 valence electrons. The average molecular weight is 333 g/mol. The van der Waals surface area contributed by atoms with E-state index in [0.29, 0.717) is 5.92 Å². The van der Waals surface area contributed by atoms with Gasteiger partial charge in [0.05, 0.1) is 5.69 Å². The third-order valence-electron chi connectivity index (χ3n) is 5.10. The van der Waals surface area contributed by atoms with Crippen LogP contribution in [0.15, 0.2) is 0 Å². The Labute approximate surface area is 145 Å². The number of rotatable bonds is 2. The lowest BCUT2D eigenvalue weighted by Gasteiger charge is -2.34. The summed E-state index contributed by atoms with van der Waals surface area (Å²) in [6.07, 6.45) is 6.55. The van der Waals surface area contributed by atoms with E-state index in [4.69, 9.17) is 9.84 Å². The van der Waals surface area contributed by atoms with Gasteiger partial charge in [-0.25, -0.2) is 4.79 Å². The van der Waals surface area contributed by atoms with E-state index in [1.165, 1.54) is 29.8 Å². The lowest BCUT2D eigenvalue weighted by Crippen LogP contribution is -2.41. The molecule has 0 spiro atoms. The standard InChI is InChI=1S/C19H31N3O2/c1-5-15-17(16-8-6-7-11-22(16)20-15)14-9-12-21(13-10-14)18(23)24-19(2,3)4/h14H,5-13H2,1-4H3. The number of aromatic nitrogens is 2. The van der Waals surface area contributed by atoms with Gasteiger partial charge in [-0.2, -0.15) is 5.10 Å². The van der Waals surface area contributed by atoms with Crippen molar-refractivity contribution in [1.82, 2.24) is 14.7 Å². The number of amides is 1. The summed E-state index contributed by atoms with van der Waals surface area (Å²) in [5.41, 5.74) is 3.83. The van der Waals surface area contributed by atoms with Crippen LogP contribution in [0.2, 0.25) is 0 Å². The maximum absolute atomic E-state index is 12.2. The SMILES string of the molecule is CCc1nn2c(c1C1CCN(C(=O)OC(C)(C)C)CC1)CCCC2. The monoisotopic (exact) mass is 333 g/mol. The summed E-state index contributed by atoms with van der Waals surface area (Å²) in [6, 6.07) is 0. The molecule has 1 saturated heterocycles. The van der Waals surface area contributed by atoms with Crippen LogP contribution < -0.4 is 0 Å². The summed E-state index contributed by atoms with van der Waals surface area (Å²) < 4.78 is 7.76. The third kappa shape index (κ3) is 3.60. The lowest BCUT2D eigenvalue weighted by molar-refractivity contribution is 0.0204. The zero-order valence-corrected chi connectivity index (χ0v) is 15.6. The maximum Gasteiger partial charge on any atom is 0.410 e. The molecule has 0 bridgehead atoms. The fourth-order valence-corrected chi connectivity index (χ4v) is 3.98. The average Bonchev–Trinajstić information content (AvgIpc) is 2.92. The first-order valence-electron chi connectivity index (χ1n) is 9.45. The number of carbonyl (C=O) groups excluding carboxylic acids is 1. The minimum atomic E-state index is -0.422. The number of hydrogen-bond donors (Lipinski definition) is 0. The summed E-state index contributed by atoms with van der Waals surface area (Å²) in [5, 5.41) is 4.86. The quantitative estimate of drug-likeness (QED) is 0.825. The highest BCUT2D eigenvalue weighted by atomic mass is 16.6. The molecule has 24 heavy (non-hydrogen) atoms. The van der Waals surface area contributed by atoms with Gasteiger partial charge in [-0.05, 0) is 70.8 Å². The van der Waals surface area contributed by atoms with Gasteiger partial charge in [-0.15, -0.1) is 0 Å². The van der Waals surface area contributed by atoms with Crippen molar-refractivity contribution in [2.45, 2.75) is 84.3 Å². The number of piperidine rings is 1. The molecule has 1 aromatic rings. The molecule has 0 saturated carbocycles. The lowest BCUT2D eigenvalue weighted by atomic mass is 9.86. The van der Waals surface area contributed by atoms with Crippen molar-refractivity contribution >= 4 is 6.09 Å². The van der Waals surface area contributed by atoms with Crippen LogP contribution in [0.3, 0.4) is 0 Å². The third-order valence-corrected chi connectivity index (χ3v) is 5.10. The Morgan fingerprint density at radius 3 is 2.54 bits per heavy atom. The molecule has 0 atom stereocenters. The summed E-state index contributed by atoms with van der Waals surface area (Å²) in [5.74, 6) is 0.542. The Bertz CT molecular complexity index is 592. The van der Waals surface area contributed by atoms with E-state index >= 15 is 0 Å². The molecular formula is C19H31N3O2. The van der Waals surface area contributed by atoms with E-state index < -0.39 is 5.60 Å². The van der Waals surface area contributed by atoms with Crippen molar-refractivity contribution in [3.05, 3.63) is 17.0 Å². The number of hydrogen-bond acceptors (Lipinski definition) is 3. The van der Waals surface area contributed by atoms with E-state index in [1.54, 1.807) is 0 Å². The van der Waals surface area contributed by atoms with Crippen molar-refractivity contribution in [2.75, 3.05) is 13.1 Å². The first kappa shape index (κ1) is 17.3. The molecule has 1 amide bonds. The zero-order valence-electron chi connectivity index (χ0n) is 15.6. The van der Waals surface area contributed by atoms with Crippen LogP contribution in [-0.4, -0.2) is 39.5 Å². The van der Waals surface area contributed by atoms with Crippen LogP contribution in [0.5, 0.6) is 0 Å². The number of nitrogens with zero attached hydrogens (tertiary/aromatic N) is 3. The molecule has 0 N–H and O–H groups in total. The molecule has 0 aliphatic carbocycles. The van der Waals surface area contributed by atoms with E-state index in [0.717, 1.165) is 45.3 Å². The maximum atomic E-state index is 12.2. The highest BCUT2D eigenvalue weighted by molar-refractivity contribution is 5.68. The summed E-state index contributed by atoms with van der Waals surface area (Å²) in [7, 11) is 0. The van der Waals surface area contributed by atoms with Gasteiger partial charge in [0.1, 0.15) is 5.60 Å². The molecule has 1 aromatic heterocycles. The fourth-order valence-electron chi connectivity index (χ4n) is 3.98. The summed E-state index contributed by atoms with van der Waals surface area (Å²) >= 11 is 0. The van der Waals surface area contributed by atoms with Crippen molar-refractivity contribution < 1.29 is 9.53 Å². The van der Waals surface area contributed by atoms with Crippen LogP contribution in [0.1, 0.15) is 76.2 Å². The minimum Gasteiger partial charge on any atom is -0.444 e. The first-order valence-corrected chi connectivity index (χ1v) is 9.45. The second-order valence-electron chi connectivity index (χ2n) is 8.08. The highest BCUT2D eigenvalue weighted by Gasteiger charge is 2.31. The van der Waals surface area contributed by atoms with Crippen LogP contribution >= 0.6 is 0 Å². The number of aryl methyl sites for hydroxylation is 2. The number of ether oxygens (including phenoxy) is 1. The molecule has 0 unspecified atom stereocenters. The van der Waals surface area contributed by atoms with Gasteiger partial charge in [0.25, 0.3) is 0 Å². The van der Waals surface area contributed by atoms with Gasteiger partial charge in [-0.3, -0.25) is 4.68 Å². The molecule has 0 radical (unpaired) electrons. The second kappa shape index (κ2) is 6.77. The smallest absolute Gasteiger partial charge is 0.410 e. The highest BCUT2D eigenvalue weighted by Crippen LogP contribution is 2.35. The molecule has 3 heterocycles. The predicted octanol–water partition coefficient (Wildman–Crippen LogP) is 3.90. The van der Waals surface area contributed by atoms with Crippen LogP contribution in [0.4, 0.5) is 4.79 Å². The normalized spacial score (nSPS) is 19.2. The van der Waals surface area contributed by atoms with Crippen LogP contribution in [-0.2, 0) is 24.1 Å². The molecule has 2 aliphatic rings. The predicted molar refractivity (Wildman–Crippen MR) is 94.3 cm³/mol. The van der Waals surface area contributed by atoms with Crippen LogP contribution in [0.25, 0.3) is 0 Å². The molecule has 3 rings (SSSR count). The number of fused-ring (bicyclic) bond motifs is 1. The second-order valence-corrected chi connectivity index (χ2v) is 8.08. The largest absolute Gasteiger partial charge is 0.444 e. The Balaban J connectivity index is 1.69. The minimum absolute atomic E-state index is 0.172. The number of carbonyl (C=O) groups is 1. The van der Waals surface area contributed by atoms with Crippen molar-refractivity contribution in [3.8, 4) is 0 Å². The van der Waals surface area contributed by atoms with Gasteiger partial charge in [0.2, 0.25) is 0 Å². The fraction of sp³-hybridized carbons (Fsp3) is 0.789. The van der Waals surface area contributed by atoms with Gasteiger partial charge < -0.3 is 9.64 Å². The summed E-state index contributed by atoms with van der Waals surface area (Å²) in [4.78, 5) is 14.1. The molecule has 0 aromatic carbocycles. The van der Waals surface area contributed by atoms with Gasteiger partial charge in [-0.1, -0.05) is 6.92 Å². The van der Waals surface area contributed by atoms with Crippen LogP contribution in [0, 0.1) is 0 Å². The Morgan fingerprint density at radius 1 is 1.21 bits per heavy atom. The van der Waals surface area contributed by atoms with Gasteiger partial charge in [0.15, 0.2) is 0 Å². The molecular weight excluding hydrogens is 302 g/mol. The molecule has 2 aliphatic heterocycles. The topological polar surface area (TPSA) is 47.4 Å². The number of likely N-dealkylation sites (tertiary alicyclic amines) is 1. The van der Waals surface area contributed by atoms with Crippen molar-refractivity contribution in [1.29, 1.82) is 0 Å². The first-order chi connectivity index (χ1) is 11.4. The van der Waals surface area contributed by atoms with E-state index in [9.17, 15) is 4.79 Å². The van der Waals surface area contributed by atoms with E-state index in [1.807, 2.05) is 25.7 Å². The van der Waals surface area contributed by atoms with Crippen molar-refractivity contribution in [2.24, 2.45) is 0 Å². The van der Waals surface area contributed by atoms with Gasteiger partial charge >= 0.3 is 6.09 Å². The Morgan fingerprint density at radius 2 is 1.92 bits per heavy atom. The van der Waals surface area contributed by atoms with Gasteiger partial charge in [0, 0.05) is 25.3 Å². The van der Waals surface area contributed by atoms with Crippen molar-refractivity contribution in [3.63, 3.8) is 0 Å². The van der Waals surface area contributed by atoms with E-state index in [2.05, 4.69) is 11.6 Å². The van der Waals surface area contributed by atoms with E-state index in [-0.39, 0.29) is 6.09 Å². The molecule has 5 nitrogen and oxygen atoms in total. The molecule has 1 fully saturated rings. The molecule has 5 heteroatoms. The Hall–Kier alpha value is -1.52.